The molecule has 1 saturated heterocycles. The SMILES string of the molecule is O=Cc1ccc(OC2CCN(CC(=O)O)CC2)cc1. The molecule has 1 N–H and O–H groups in total. The number of carbonyl (C=O) groups is 2. The number of hydrogen-bond acceptors (Lipinski definition) is 4. The predicted molar refractivity (Wildman–Crippen MR) is 69.6 cm³/mol. The van der Waals surface area contributed by atoms with Gasteiger partial charge in [-0.2, -0.15) is 0 Å². The van der Waals surface area contributed by atoms with Gasteiger partial charge in [-0.25, -0.2) is 0 Å². The van der Waals surface area contributed by atoms with Crippen molar-refractivity contribution in [1.82, 2.24) is 4.90 Å². The zero-order valence-corrected chi connectivity index (χ0v) is 10.6. The molecular formula is C14H17NO4. The van der Waals surface area contributed by atoms with Crippen molar-refractivity contribution in [2.75, 3.05) is 19.6 Å². The number of nitrogens with zero attached hydrogens (tertiary/aromatic N) is 1. The highest BCUT2D eigenvalue weighted by Gasteiger charge is 2.21. The lowest BCUT2D eigenvalue weighted by Crippen LogP contribution is -2.40. The number of benzene rings is 1. The van der Waals surface area contributed by atoms with Gasteiger partial charge in [0.05, 0.1) is 6.54 Å². The molecule has 0 spiro atoms. The Morgan fingerprint density at radius 3 is 2.47 bits per heavy atom. The first-order valence-electron chi connectivity index (χ1n) is 6.33. The third-order valence-electron chi connectivity index (χ3n) is 3.21. The van der Waals surface area contributed by atoms with Crippen LogP contribution in [0.1, 0.15) is 23.2 Å². The van der Waals surface area contributed by atoms with Crippen LogP contribution in [-0.2, 0) is 4.79 Å². The highest BCUT2D eigenvalue weighted by molar-refractivity contribution is 5.74. The van der Waals surface area contributed by atoms with E-state index in [4.69, 9.17) is 9.84 Å². The summed E-state index contributed by atoms with van der Waals surface area (Å²) in [6.07, 6.45) is 2.56. The van der Waals surface area contributed by atoms with Crippen molar-refractivity contribution in [2.24, 2.45) is 0 Å². The van der Waals surface area contributed by atoms with E-state index in [-0.39, 0.29) is 12.6 Å². The van der Waals surface area contributed by atoms with Crippen LogP contribution in [-0.4, -0.2) is 48.0 Å². The van der Waals surface area contributed by atoms with Crippen LogP contribution >= 0.6 is 0 Å². The van der Waals surface area contributed by atoms with Crippen LogP contribution < -0.4 is 4.74 Å². The number of carboxylic acids is 1. The van der Waals surface area contributed by atoms with Gasteiger partial charge < -0.3 is 9.84 Å². The van der Waals surface area contributed by atoms with E-state index in [1.807, 2.05) is 4.90 Å². The fourth-order valence-corrected chi connectivity index (χ4v) is 2.19. The van der Waals surface area contributed by atoms with Crippen molar-refractivity contribution >= 4 is 12.3 Å². The molecule has 19 heavy (non-hydrogen) atoms. The molecule has 0 radical (unpaired) electrons. The first-order valence-corrected chi connectivity index (χ1v) is 6.33. The van der Waals surface area contributed by atoms with Gasteiger partial charge in [0.25, 0.3) is 0 Å². The van der Waals surface area contributed by atoms with Gasteiger partial charge in [-0.05, 0) is 37.1 Å². The lowest BCUT2D eigenvalue weighted by Gasteiger charge is -2.31. The molecule has 0 aromatic heterocycles. The van der Waals surface area contributed by atoms with Gasteiger partial charge in [0, 0.05) is 18.7 Å². The molecule has 2 rings (SSSR count). The second kappa shape index (κ2) is 6.33. The van der Waals surface area contributed by atoms with E-state index < -0.39 is 5.97 Å². The fourth-order valence-electron chi connectivity index (χ4n) is 2.19. The van der Waals surface area contributed by atoms with Crippen LogP contribution in [0.5, 0.6) is 5.75 Å². The van der Waals surface area contributed by atoms with E-state index in [1.165, 1.54) is 0 Å². The van der Waals surface area contributed by atoms with Gasteiger partial charge in [0.2, 0.25) is 0 Å². The molecule has 0 aliphatic carbocycles. The normalized spacial score (nSPS) is 17.1. The molecule has 0 bridgehead atoms. The molecule has 5 nitrogen and oxygen atoms in total. The zero-order valence-electron chi connectivity index (χ0n) is 10.6. The zero-order chi connectivity index (χ0) is 13.7. The molecule has 1 heterocycles. The molecule has 0 amide bonds. The predicted octanol–water partition coefficient (Wildman–Crippen LogP) is 1.43. The number of rotatable bonds is 5. The number of hydrogen-bond donors (Lipinski definition) is 1. The summed E-state index contributed by atoms with van der Waals surface area (Å²) in [5.74, 6) is -0.0360. The lowest BCUT2D eigenvalue weighted by molar-refractivity contribution is -0.138. The quantitative estimate of drug-likeness (QED) is 0.814. The molecule has 0 unspecified atom stereocenters. The average Bonchev–Trinajstić information content (AvgIpc) is 2.41. The number of ether oxygens (including phenoxy) is 1. The van der Waals surface area contributed by atoms with E-state index in [1.54, 1.807) is 24.3 Å². The summed E-state index contributed by atoms with van der Waals surface area (Å²) in [7, 11) is 0. The second-order valence-electron chi connectivity index (χ2n) is 4.67. The van der Waals surface area contributed by atoms with Crippen molar-refractivity contribution in [2.45, 2.75) is 18.9 Å². The highest BCUT2D eigenvalue weighted by Crippen LogP contribution is 2.19. The molecule has 0 saturated carbocycles. The van der Waals surface area contributed by atoms with Crippen molar-refractivity contribution in [3.8, 4) is 5.75 Å². The number of carbonyl (C=O) groups excluding carboxylic acids is 1. The molecule has 102 valence electrons. The molecular weight excluding hydrogens is 246 g/mol. The molecule has 1 fully saturated rings. The Morgan fingerprint density at radius 2 is 1.95 bits per heavy atom. The number of aldehydes is 1. The Balaban J connectivity index is 1.81. The van der Waals surface area contributed by atoms with E-state index >= 15 is 0 Å². The van der Waals surface area contributed by atoms with Crippen LogP contribution in [0, 0.1) is 0 Å². The largest absolute Gasteiger partial charge is 0.490 e. The van der Waals surface area contributed by atoms with Crippen LogP contribution in [0.25, 0.3) is 0 Å². The van der Waals surface area contributed by atoms with Crippen molar-refractivity contribution in [3.63, 3.8) is 0 Å². The third-order valence-corrected chi connectivity index (χ3v) is 3.21. The highest BCUT2D eigenvalue weighted by atomic mass is 16.5. The van der Waals surface area contributed by atoms with Crippen molar-refractivity contribution in [3.05, 3.63) is 29.8 Å². The topological polar surface area (TPSA) is 66.8 Å². The summed E-state index contributed by atoms with van der Waals surface area (Å²) in [4.78, 5) is 23.1. The van der Waals surface area contributed by atoms with E-state index in [0.717, 1.165) is 38.0 Å². The number of piperidine rings is 1. The molecule has 1 aromatic carbocycles. The van der Waals surface area contributed by atoms with Gasteiger partial charge in [0.1, 0.15) is 18.1 Å². The maximum absolute atomic E-state index is 10.6. The Morgan fingerprint density at radius 1 is 1.32 bits per heavy atom. The Bertz CT molecular complexity index is 435. The second-order valence-corrected chi connectivity index (χ2v) is 4.67. The van der Waals surface area contributed by atoms with Gasteiger partial charge >= 0.3 is 5.97 Å². The Hall–Kier alpha value is -1.88. The Kier molecular flexibility index (Phi) is 4.52. The van der Waals surface area contributed by atoms with Crippen molar-refractivity contribution in [1.29, 1.82) is 0 Å². The summed E-state index contributed by atoms with van der Waals surface area (Å²) in [5.41, 5.74) is 0.628. The third kappa shape index (κ3) is 4.06. The van der Waals surface area contributed by atoms with Crippen molar-refractivity contribution < 1.29 is 19.4 Å². The van der Waals surface area contributed by atoms with Gasteiger partial charge in [-0.1, -0.05) is 0 Å². The summed E-state index contributed by atoms with van der Waals surface area (Å²) in [5, 5.41) is 8.71. The van der Waals surface area contributed by atoms with E-state index in [2.05, 4.69) is 0 Å². The van der Waals surface area contributed by atoms with Gasteiger partial charge in [0.15, 0.2) is 0 Å². The monoisotopic (exact) mass is 263 g/mol. The van der Waals surface area contributed by atoms with Crippen LogP contribution in [0.15, 0.2) is 24.3 Å². The van der Waals surface area contributed by atoms with Gasteiger partial charge in [-0.3, -0.25) is 14.5 Å². The molecule has 0 atom stereocenters. The van der Waals surface area contributed by atoms with Crippen LogP contribution in [0.3, 0.4) is 0 Å². The molecule has 1 aliphatic heterocycles. The van der Waals surface area contributed by atoms with Gasteiger partial charge in [-0.15, -0.1) is 0 Å². The minimum atomic E-state index is -0.788. The van der Waals surface area contributed by atoms with Crippen LogP contribution in [0.4, 0.5) is 0 Å². The maximum atomic E-state index is 10.6. The smallest absolute Gasteiger partial charge is 0.317 e. The summed E-state index contributed by atoms with van der Waals surface area (Å²) >= 11 is 0. The molecule has 1 aliphatic rings. The fraction of sp³-hybridized carbons (Fsp3) is 0.429. The van der Waals surface area contributed by atoms with Crippen LogP contribution in [0.2, 0.25) is 0 Å². The standard InChI is InChI=1S/C14H17NO4/c16-10-11-1-3-12(4-2-11)19-13-5-7-15(8-6-13)9-14(17)18/h1-4,10,13H,5-9H2,(H,17,18). The van der Waals surface area contributed by atoms with E-state index in [9.17, 15) is 9.59 Å². The summed E-state index contributed by atoms with van der Waals surface area (Å²) in [6, 6.07) is 7.02. The number of carboxylic acid groups (broad SMARTS) is 1. The number of aliphatic carboxylic acids is 1. The minimum absolute atomic E-state index is 0.0980. The minimum Gasteiger partial charge on any atom is -0.490 e. The molecule has 5 heteroatoms. The summed E-state index contributed by atoms with van der Waals surface area (Å²) < 4.78 is 5.82. The average molecular weight is 263 g/mol. The first kappa shape index (κ1) is 13.5. The summed E-state index contributed by atoms with van der Waals surface area (Å²) in [6.45, 7) is 1.58. The number of likely N-dealkylation sites (tertiary alicyclic amines) is 1. The Labute approximate surface area is 111 Å². The lowest BCUT2D eigenvalue weighted by atomic mass is 10.1. The first-order chi connectivity index (χ1) is 9.17. The molecule has 1 aromatic rings. The maximum Gasteiger partial charge on any atom is 0.317 e. The van der Waals surface area contributed by atoms with E-state index in [0.29, 0.717) is 5.56 Å².